The highest BCUT2D eigenvalue weighted by Gasteiger charge is 2.32. The minimum Gasteiger partial charge on any atom is -0.455 e. The van der Waals surface area contributed by atoms with Crippen LogP contribution in [-0.4, -0.2) is 24.5 Å². The molecule has 19 rings (SSSR count). The number of aromatic nitrogens is 5. The third kappa shape index (κ3) is 9.76. The Morgan fingerprint density at radius 1 is 0.276 bits per heavy atom. The molecule has 0 bridgehead atoms. The van der Waals surface area contributed by atoms with Crippen LogP contribution in [0.25, 0.3) is 162 Å². The van der Waals surface area contributed by atoms with E-state index in [1.165, 1.54) is 43.1 Å². The molecule has 8 heteroatoms. The summed E-state index contributed by atoms with van der Waals surface area (Å²) in [5, 5.41) is 2.29. The maximum Gasteiger partial charge on any atom is 0.160 e. The highest BCUT2D eigenvalue weighted by molar-refractivity contribution is 7.99. The monoisotopic (exact) mass is 1270 g/mol. The maximum absolute atomic E-state index is 6.74. The first-order valence-corrected chi connectivity index (χ1v) is 33.8. The average molecular weight is 1270 g/mol. The van der Waals surface area contributed by atoms with Gasteiger partial charge >= 0.3 is 0 Å². The Hall–Kier alpha value is -12.8. The van der Waals surface area contributed by atoms with Crippen molar-refractivity contribution in [3.63, 3.8) is 0 Å². The number of hydrogen-bond donors (Lipinski definition) is 0. The van der Waals surface area contributed by atoms with E-state index < -0.39 is 0 Å². The maximum atomic E-state index is 6.74. The molecule has 17 aromatic rings. The Bertz CT molecular complexity index is 5980. The predicted octanol–water partition coefficient (Wildman–Crippen LogP) is 24.2. The molecule has 458 valence electrons. The molecule has 7 nitrogen and oxygen atoms in total. The summed E-state index contributed by atoms with van der Waals surface area (Å²) in [6.07, 6.45) is 0. The van der Waals surface area contributed by atoms with Gasteiger partial charge in [0.2, 0.25) is 0 Å². The van der Waals surface area contributed by atoms with Gasteiger partial charge in [-0.1, -0.05) is 273 Å². The van der Waals surface area contributed by atoms with Gasteiger partial charge in [-0.2, -0.15) is 0 Å². The molecule has 13 aromatic carbocycles. The van der Waals surface area contributed by atoms with E-state index >= 15 is 0 Å². The molecule has 0 N–H and O–H groups in total. The molecule has 98 heavy (non-hydrogen) atoms. The van der Waals surface area contributed by atoms with Gasteiger partial charge in [0.1, 0.15) is 11.3 Å². The average Bonchev–Trinajstić information content (AvgIpc) is 1.56. The lowest BCUT2D eigenvalue weighted by Crippen LogP contribution is -2.11. The Labute approximate surface area is 571 Å². The molecular formula is C90H56N6OS. The van der Waals surface area contributed by atoms with Crippen molar-refractivity contribution in [3.05, 3.63) is 340 Å². The first kappa shape index (κ1) is 56.8. The van der Waals surface area contributed by atoms with Crippen LogP contribution in [-0.2, 0) is 0 Å². The zero-order chi connectivity index (χ0) is 64.6. The van der Waals surface area contributed by atoms with Crippen LogP contribution in [0.15, 0.2) is 354 Å². The third-order valence-electron chi connectivity index (χ3n) is 19.0. The molecule has 0 saturated heterocycles. The van der Waals surface area contributed by atoms with E-state index in [9.17, 15) is 0 Å². The summed E-state index contributed by atoms with van der Waals surface area (Å²) in [5.41, 5.74) is 27.6. The SMILES string of the molecule is c1ccc(-c2cc(-c3cccc(-c4ccc(-c5cc(-c6cccc(-n7c8c(c9cccc(-c%10ccccc%10)c97)-c7ccccc7Sc7ccccc7-8)c6)nc(-c6ccccc6)n5)cc4)c3)nc(-c3cccc(N4c5ccccc5-c5oc6ccccc6c5-c5ccccc54)c3)n2)cc1. The van der Waals surface area contributed by atoms with E-state index in [0.717, 1.165) is 135 Å². The second-order valence-corrected chi connectivity index (χ2v) is 25.9. The number of nitrogens with zero attached hydrogens (tertiary/aromatic N) is 6. The number of rotatable bonds is 10. The van der Waals surface area contributed by atoms with Gasteiger partial charge in [-0.15, -0.1) is 0 Å². The lowest BCUT2D eigenvalue weighted by Gasteiger charge is -2.27. The summed E-state index contributed by atoms with van der Waals surface area (Å²) in [5.74, 6) is 2.14. The lowest BCUT2D eigenvalue weighted by atomic mass is 9.96. The first-order chi connectivity index (χ1) is 48.6. The fourth-order valence-corrected chi connectivity index (χ4v) is 15.6. The highest BCUT2D eigenvalue weighted by atomic mass is 32.2. The molecule has 0 radical (unpaired) electrons. The van der Waals surface area contributed by atoms with Crippen molar-refractivity contribution in [1.29, 1.82) is 0 Å². The van der Waals surface area contributed by atoms with Crippen molar-refractivity contribution in [2.24, 2.45) is 0 Å². The molecule has 4 aromatic heterocycles. The quantitative estimate of drug-likeness (QED) is 0.135. The Balaban J connectivity index is 0.693. The molecule has 0 aliphatic carbocycles. The largest absolute Gasteiger partial charge is 0.455 e. The van der Waals surface area contributed by atoms with Crippen molar-refractivity contribution < 1.29 is 4.42 Å². The van der Waals surface area contributed by atoms with Gasteiger partial charge in [0, 0.05) is 98.7 Å². The molecular weight excluding hydrogens is 1210 g/mol. The van der Waals surface area contributed by atoms with Gasteiger partial charge in [-0.3, -0.25) is 0 Å². The van der Waals surface area contributed by atoms with Crippen LogP contribution in [0.2, 0.25) is 0 Å². The number of hydrogen-bond acceptors (Lipinski definition) is 7. The zero-order valence-electron chi connectivity index (χ0n) is 52.8. The number of fused-ring (bicyclic) bond motifs is 14. The number of anilines is 3. The van der Waals surface area contributed by atoms with E-state index in [1.807, 2.05) is 42.1 Å². The first-order valence-electron chi connectivity index (χ1n) is 33.0. The summed E-state index contributed by atoms with van der Waals surface area (Å²) in [4.78, 5) is 26.3. The predicted molar refractivity (Wildman–Crippen MR) is 402 cm³/mol. The number of furan rings is 1. The summed E-state index contributed by atoms with van der Waals surface area (Å²) in [6.45, 7) is 0. The smallest absolute Gasteiger partial charge is 0.160 e. The standard InChI is InChI=1S/C90H56N6OS/c1-4-24-58(25-5-1)68-41-23-42-74-84-72-39-13-18-46-82(72)98-83-47-19-14-40-73(83)87(84)96(86(68)74)67-35-21-32-64(53-67)78-56-76(91-89(93-78)61-28-8-3-9-29-61)60-50-48-57(49-51-60)62-30-20-31-63(52-62)77-55-75(59-26-6-2-7-27-59)92-90(94-77)65-33-22-34-66(54-65)95-79-43-15-10-36-69(79)85-71-38-12-17-45-81(71)97-88(85)70-37-11-16-44-80(70)95/h1-56H. The summed E-state index contributed by atoms with van der Waals surface area (Å²) < 4.78 is 9.25. The number of benzene rings is 13. The Kier molecular flexibility index (Phi) is 13.7. The molecule has 0 amide bonds. The van der Waals surface area contributed by atoms with Gasteiger partial charge in [0.25, 0.3) is 0 Å². The molecule has 0 saturated carbocycles. The fourth-order valence-electron chi connectivity index (χ4n) is 14.5. The molecule has 6 heterocycles. The van der Waals surface area contributed by atoms with Crippen molar-refractivity contribution >= 4 is 50.7 Å². The van der Waals surface area contributed by atoms with Gasteiger partial charge < -0.3 is 13.9 Å². The van der Waals surface area contributed by atoms with Crippen molar-refractivity contribution in [2.45, 2.75) is 9.79 Å². The van der Waals surface area contributed by atoms with Gasteiger partial charge in [-0.05, 0) is 101 Å². The fraction of sp³-hybridized carbons (Fsp3) is 0. The van der Waals surface area contributed by atoms with Crippen LogP contribution in [0.3, 0.4) is 0 Å². The van der Waals surface area contributed by atoms with Crippen LogP contribution in [0, 0.1) is 0 Å². The molecule has 2 aliphatic heterocycles. The topological polar surface area (TPSA) is 72.9 Å². The van der Waals surface area contributed by atoms with Crippen LogP contribution in [0.4, 0.5) is 17.1 Å². The van der Waals surface area contributed by atoms with E-state index in [2.05, 4.69) is 319 Å². The molecule has 0 unspecified atom stereocenters. The zero-order valence-corrected chi connectivity index (χ0v) is 53.6. The van der Waals surface area contributed by atoms with Crippen LogP contribution in [0.5, 0.6) is 0 Å². The highest BCUT2D eigenvalue weighted by Crippen LogP contribution is 2.56. The van der Waals surface area contributed by atoms with Crippen LogP contribution < -0.4 is 4.90 Å². The minimum absolute atomic E-state index is 0.624. The van der Waals surface area contributed by atoms with E-state index in [4.69, 9.17) is 24.4 Å². The van der Waals surface area contributed by atoms with Crippen LogP contribution in [0.1, 0.15) is 0 Å². The molecule has 0 atom stereocenters. The lowest BCUT2D eigenvalue weighted by molar-refractivity contribution is 0.633. The second-order valence-electron chi connectivity index (χ2n) is 24.8. The van der Waals surface area contributed by atoms with Gasteiger partial charge in [0.15, 0.2) is 11.6 Å². The van der Waals surface area contributed by atoms with Crippen molar-refractivity contribution in [2.75, 3.05) is 4.90 Å². The second kappa shape index (κ2) is 23.6. The van der Waals surface area contributed by atoms with Gasteiger partial charge in [0.05, 0.1) is 45.4 Å². The van der Waals surface area contributed by atoms with Gasteiger partial charge in [-0.25, -0.2) is 19.9 Å². The van der Waals surface area contributed by atoms with E-state index in [1.54, 1.807) is 0 Å². The van der Waals surface area contributed by atoms with Crippen molar-refractivity contribution in [1.82, 2.24) is 24.5 Å². The minimum atomic E-state index is 0.624. The van der Waals surface area contributed by atoms with E-state index in [-0.39, 0.29) is 0 Å². The molecule has 0 spiro atoms. The molecule has 0 fully saturated rings. The number of para-hydroxylation sites is 4. The van der Waals surface area contributed by atoms with Crippen LogP contribution >= 0.6 is 11.8 Å². The normalized spacial score (nSPS) is 12.0. The van der Waals surface area contributed by atoms with Crippen molar-refractivity contribution in [3.8, 4) is 141 Å². The summed E-state index contributed by atoms with van der Waals surface area (Å²) >= 11 is 1.84. The third-order valence-corrected chi connectivity index (χ3v) is 20.1. The Morgan fingerprint density at radius 3 is 1.46 bits per heavy atom. The van der Waals surface area contributed by atoms with E-state index in [0.29, 0.717) is 11.6 Å². The Morgan fingerprint density at radius 2 is 0.735 bits per heavy atom. The molecule has 2 aliphatic rings. The summed E-state index contributed by atoms with van der Waals surface area (Å²) in [7, 11) is 0. The summed E-state index contributed by atoms with van der Waals surface area (Å²) in [6, 6.07) is 121.